The normalized spacial score (nSPS) is 12.8. The number of rotatable bonds is 5. The molecule has 0 saturated carbocycles. The van der Waals surface area contributed by atoms with Gasteiger partial charge in [-0.2, -0.15) is 17.6 Å². The molecule has 1 aromatic carbocycles. The molecule has 0 unspecified atom stereocenters. The maximum absolute atomic E-state index is 12.8. The first-order valence-electron chi connectivity index (χ1n) is 4.53. The fraction of sp³-hybridized carbons (Fsp3) is 0.400. The van der Waals surface area contributed by atoms with E-state index in [9.17, 15) is 17.6 Å². The van der Waals surface area contributed by atoms with Gasteiger partial charge in [0.2, 0.25) is 0 Å². The van der Waals surface area contributed by atoms with Crippen LogP contribution in [0.25, 0.3) is 0 Å². The molecular weight excluding hydrogens is 308 g/mol. The summed E-state index contributed by atoms with van der Waals surface area (Å²) in [4.78, 5) is 0. The predicted molar refractivity (Wildman–Crippen MR) is 55.9 cm³/mol. The highest BCUT2D eigenvalue weighted by molar-refractivity contribution is 9.10. The lowest BCUT2D eigenvalue weighted by Gasteiger charge is -2.24. The van der Waals surface area contributed by atoms with Crippen LogP contribution >= 0.6 is 15.9 Å². The summed E-state index contributed by atoms with van der Waals surface area (Å²) in [5.41, 5.74) is 0.321. The lowest BCUT2D eigenvalue weighted by Crippen LogP contribution is -2.45. The zero-order chi connectivity index (χ0) is 13.1. The van der Waals surface area contributed by atoms with Gasteiger partial charge in [-0.3, -0.25) is 0 Å². The Kier molecular flexibility index (Phi) is 4.51. The molecule has 96 valence electrons. The number of hydrogen-bond acceptors (Lipinski definition) is 2. The van der Waals surface area contributed by atoms with Crippen molar-refractivity contribution in [2.24, 2.45) is 0 Å². The van der Waals surface area contributed by atoms with Gasteiger partial charge in [0.1, 0.15) is 6.61 Å². The van der Waals surface area contributed by atoms with E-state index in [-0.39, 0.29) is 0 Å². The summed E-state index contributed by atoms with van der Waals surface area (Å²) in [7, 11) is 0. The molecule has 0 radical (unpaired) electrons. The Labute approximate surface area is 103 Å². The topological polar surface area (TPSA) is 29.5 Å². The highest BCUT2D eigenvalue weighted by Gasteiger charge is 2.57. The summed E-state index contributed by atoms with van der Waals surface area (Å²) >= 11 is 3.14. The Morgan fingerprint density at radius 1 is 1.12 bits per heavy atom. The number of ether oxygens (including phenoxy) is 1. The molecule has 7 heteroatoms. The Morgan fingerprint density at radius 2 is 1.65 bits per heavy atom. The van der Waals surface area contributed by atoms with Gasteiger partial charge in [0.05, 0.1) is 6.61 Å². The van der Waals surface area contributed by atoms with Crippen molar-refractivity contribution in [3.05, 3.63) is 34.3 Å². The van der Waals surface area contributed by atoms with Gasteiger partial charge in [-0.25, -0.2) is 0 Å². The van der Waals surface area contributed by atoms with E-state index in [0.29, 0.717) is 5.56 Å². The summed E-state index contributed by atoms with van der Waals surface area (Å²) in [6.45, 7) is -2.64. The average molecular weight is 317 g/mol. The van der Waals surface area contributed by atoms with Gasteiger partial charge < -0.3 is 9.84 Å². The van der Waals surface area contributed by atoms with E-state index in [2.05, 4.69) is 20.7 Å². The zero-order valence-electron chi connectivity index (χ0n) is 8.47. The van der Waals surface area contributed by atoms with E-state index in [1.54, 1.807) is 12.1 Å². The summed E-state index contributed by atoms with van der Waals surface area (Å²) in [6.07, 6.45) is -4.70. The van der Waals surface area contributed by atoms with Crippen LogP contribution in [0.5, 0.6) is 0 Å². The van der Waals surface area contributed by atoms with Crippen molar-refractivity contribution < 1.29 is 27.4 Å². The minimum Gasteiger partial charge on any atom is -0.390 e. The monoisotopic (exact) mass is 316 g/mol. The number of alkyl halides is 4. The number of hydrogen-bond donors (Lipinski definition) is 1. The predicted octanol–water partition coefficient (Wildman–Crippen LogP) is 3.19. The Hall–Kier alpha value is -0.660. The zero-order valence-corrected chi connectivity index (χ0v) is 10.1. The lowest BCUT2D eigenvalue weighted by molar-refractivity contribution is -0.358. The van der Waals surface area contributed by atoms with Gasteiger partial charge in [-0.15, -0.1) is 0 Å². The van der Waals surface area contributed by atoms with Gasteiger partial charge in [-0.05, 0) is 17.7 Å². The Bertz CT molecular complexity index is 367. The smallest absolute Gasteiger partial charge is 0.390 e. The number of aliphatic hydroxyl groups excluding tert-OH is 1. The second-order valence-electron chi connectivity index (χ2n) is 3.29. The van der Waals surface area contributed by atoms with Gasteiger partial charge in [0, 0.05) is 4.47 Å². The molecule has 0 heterocycles. The summed E-state index contributed by atoms with van der Waals surface area (Å²) in [6, 6.07) is 6.05. The fourth-order valence-electron chi connectivity index (χ4n) is 0.952. The molecule has 1 N–H and O–H groups in total. The molecule has 0 bridgehead atoms. The molecule has 1 rings (SSSR count). The van der Waals surface area contributed by atoms with E-state index < -0.39 is 25.2 Å². The first kappa shape index (κ1) is 14.4. The molecule has 1 aromatic rings. The van der Waals surface area contributed by atoms with Gasteiger partial charge in [0.15, 0.2) is 0 Å². The van der Waals surface area contributed by atoms with Crippen LogP contribution in [0.1, 0.15) is 5.56 Å². The standard InChI is InChI=1S/C10H9BrF4O2/c11-8-3-1-7(2-4-8)5-17-10(14,15)9(12,13)6-16/h1-4,16H,5-6H2. The van der Waals surface area contributed by atoms with Crippen LogP contribution in [-0.4, -0.2) is 23.7 Å². The highest BCUT2D eigenvalue weighted by atomic mass is 79.9. The molecule has 0 fully saturated rings. The van der Waals surface area contributed by atoms with Crippen LogP contribution < -0.4 is 0 Å². The van der Waals surface area contributed by atoms with Gasteiger partial charge in [-0.1, -0.05) is 28.1 Å². The third-order valence-electron chi connectivity index (χ3n) is 1.96. The van der Waals surface area contributed by atoms with E-state index in [1.165, 1.54) is 12.1 Å². The first-order valence-corrected chi connectivity index (χ1v) is 5.33. The van der Waals surface area contributed by atoms with Crippen LogP contribution in [-0.2, 0) is 11.3 Å². The third kappa shape index (κ3) is 3.65. The molecule has 0 saturated heterocycles. The van der Waals surface area contributed by atoms with Crippen molar-refractivity contribution in [3.8, 4) is 0 Å². The number of halogens is 5. The highest BCUT2D eigenvalue weighted by Crippen LogP contribution is 2.35. The third-order valence-corrected chi connectivity index (χ3v) is 2.49. The molecule has 0 amide bonds. The first-order chi connectivity index (χ1) is 7.78. The second kappa shape index (κ2) is 5.32. The van der Waals surface area contributed by atoms with E-state index >= 15 is 0 Å². The molecule has 0 aliphatic carbocycles. The molecule has 17 heavy (non-hydrogen) atoms. The summed E-state index contributed by atoms with van der Waals surface area (Å²) in [5.74, 6) is -4.59. The summed E-state index contributed by atoms with van der Waals surface area (Å²) in [5, 5.41) is 8.15. The average Bonchev–Trinajstić information content (AvgIpc) is 2.28. The van der Waals surface area contributed by atoms with Crippen molar-refractivity contribution in [1.82, 2.24) is 0 Å². The lowest BCUT2D eigenvalue weighted by atomic mass is 10.2. The van der Waals surface area contributed by atoms with Crippen molar-refractivity contribution >= 4 is 15.9 Å². The molecule has 2 nitrogen and oxygen atoms in total. The number of benzene rings is 1. The molecule has 0 spiro atoms. The Morgan fingerprint density at radius 3 is 2.12 bits per heavy atom. The Balaban J connectivity index is 2.64. The van der Waals surface area contributed by atoms with Crippen molar-refractivity contribution in [3.63, 3.8) is 0 Å². The van der Waals surface area contributed by atoms with Crippen LogP contribution in [0.3, 0.4) is 0 Å². The van der Waals surface area contributed by atoms with Gasteiger partial charge >= 0.3 is 12.0 Å². The van der Waals surface area contributed by atoms with E-state index in [4.69, 9.17) is 5.11 Å². The number of aliphatic hydroxyl groups is 1. The van der Waals surface area contributed by atoms with Crippen molar-refractivity contribution in [2.45, 2.75) is 18.6 Å². The molecule has 0 aromatic heterocycles. The van der Waals surface area contributed by atoms with Crippen molar-refractivity contribution in [2.75, 3.05) is 6.61 Å². The SMILES string of the molecule is OCC(F)(F)C(F)(F)OCc1ccc(Br)cc1. The summed E-state index contributed by atoms with van der Waals surface area (Å²) < 4.78 is 55.4. The second-order valence-corrected chi connectivity index (χ2v) is 4.21. The molecule has 0 aliphatic rings. The van der Waals surface area contributed by atoms with E-state index in [0.717, 1.165) is 4.47 Å². The van der Waals surface area contributed by atoms with Crippen LogP contribution in [0, 0.1) is 0 Å². The van der Waals surface area contributed by atoms with Crippen LogP contribution in [0.2, 0.25) is 0 Å². The molecular formula is C10H9BrF4O2. The van der Waals surface area contributed by atoms with Crippen molar-refractivity contribution in [1.29, 1.82) is 0 Å². The maximum atomic E-state index is 12.8. The molecule has 0 atom stereocenters. The van der Waals surface area contributed by atoms with Crippen LogP contribution in [0.15, 0.2) is 28.7 Å². The largest absolute Gasteiger partial charge is 0.422 e. The van der Waals surface area contributed by atoms with Crippen LogP contribution in [0.4, 0.5) is 17.6 Å². The minimum absolute atomic E-state index is 0.321. The minimum atomic E-state index is -4.70. The maximum Gasteiger partial charge on any atom is 0.422 e. The fourth-order valence-corrected chi connectivity index (χ4v) is 1.22. The van der Waals surface area contributed by atoms with E-state index in [1.807, 2.05) is 0 Å². The van der Waals surface area contributed by atoms with Gasteiger partial charge in [0.25, 0.3) is 0 Å². The quantitative estimate of drug-likeness (QED) is 0.845. The molecule has 0 aliphatic heterocycles.